The van der Waals surface area contributed by atoms with Gasteiger partial charge in [-0.25, -0.2) is 0 Å². The lowest BCUT2D eigenvalue weighted by Gasteiger charge is -2.18. The fourth-order valence-corrected chi connectivity index (χ4v) is 8.15. The Morgan fingerprint density at radius 1 is 0.333 bits per heavy atom. The van der Waals surface area contributed by atoms with Crippen LogP contribution in [0.4, 0.5) is 0 Å². The van der Waals surface area contributed by atoms with Crippen LogP contribution in [-0.2, 0) is 23.8 Å². The Balaban J connectivity index is 4.25. The molecule has 384 valence electrons. The van der Waals surface area contributed by atoms with E-state index in [4.69, 9.17) is 14.2 Å². The maximum Gasteiger partial charge on any atom is 0.306 e. The van der Waals surface area contributed by atoms with Gasteiger partial charge in [0.1, 0.15) is 6.61 Å². The molecule has 0 spiro atoms. The summed E-state index contributed by atoms with van der Waals surface area (Å²) in [6, 6.07) is 0. The third-order valence-corrected chi connectivity index (χ3v) is 12.5. The largest absolute Gasteiger partial charge is 0.462 e. The van der Waals surface area contributed by atoms with Gasteiger partial charge in [0.05, 0.1) is 6.61 Å². The van der Waals surface area contributed by atoms with Crippen molar-refractivity contribution in [2.45, 2.75) is 297 Å². The zero-order valence-electron chi connectivity index (χ0n) is 44.2. The predicted molar refractivity (Wildman–Crippen MR) is 288 cm³/mol. The van der Waals surface area contributed by atoms with Crippen LogP contribution in [0, 0.1) is 0 Å². The Bertz CT molecular complexity index is 1130. The molecule has 0 saturated heterocycles. The van der Waals surface area contributed by atoms with Crippen molar-refractivity contribution in [3.8, 4) is 0 Å². The van der Waals surface area contributed by atoms with Gasteiger partial charge in [0.25, 0.3) is 0 Å². The summed E-state index contributed by atoms with van der Waals surface area (Å²) < 4.78 is 17.5. The van der Waals surface area contributed by atoms with Crippen molar-refractivity contribution in [2.75, 3.05) is 19.8 Å². The molecule has 0 N–H and O–H groups in total. The minimum absolute atomic E-state index is 0.0780. The lowest BCUT2D eigenvalue weighted by Crippen LogP contribution is -2.30. The fraction of sp³-hybridized carbons (Fsp3) is 0.803. The number of carbonyl (C=O) groups is 2. The molecule has 0 heterocycles. The van der Waals surface area contributed by atoms with Crippen LogP contribution in [0.1, 0.15) is 290 Å². The fourth-order valence-electron chi connectivity index (χ4n) is 8.15. The summed E-state index contributed by atoms with van der Waals surface area (Å²) >= 11 is 0. The molecule has 0 aromatic rings. The van der Waals surface area contributed by atoms with Crippen molar-refractivity contribution < 1.29 is 23.8 Å². The standard InChI is InChI=1S/C61H110O5/c1-4-7-10-13-16-19-22-25-27-29-31-32-34-37-39-42-45-48-51-54-60(62)65-58-59(66-61(63)55-52-49-46-43-40-36-24-21-18-15-12-9-6-3)57-64-56-53-50-47-44-41-38-35-33-30-28-26-23-20-17-14-11-8-5-2/h16-17,19-21,24-28,59H,4-15,18,22-23,29-58H2,1-3H3/b19-16-,20-17-,24-21-,27-25-,28-26-. The SMILES string of the molecule is CCCCC/C=C\C/C=C\CCCCCCCCCCCC(=O)OCC(COCCCCCCCCCC/C=C\C/C=C\CCCCC)OC(=O)CCCCCCC/C=C\CCCCCC. The molecule has 5 heteroatoms. The Kier molecular flexibility index (Phi) is 54.9. The molecule has 0 amide bonds. The van der Waals surface area contributed by atoms with E-state index < -0.39 is 6.10 Å². The van der Waals surface area contributed by atoms with Crippen molar-refractivity contribution >= 4 is 11.9 Å². The second-order valence-corrected chi connectivity index (χ2v) is 19.2. The van der Waals surface area contributed by atoms with Crippen molar-refractivity contribution in [1.29, 1.82) is 0 Å². The van der Waals surface area contributed by atoms with Crippen LogP contribution in [0.15, 0.2) is 60.8 Å². The second kappa shape index (κ2) is 56.9. The first kappa shape index (κ1) is 63.6. The van der Waals surface area contributed by atoms with Gasteiger partial charge in [-0.05, 0) is 109 Å². The van der Waals surface area contributed by atoms with E-state index in [1.165, 1.54) is 193 Å². The molecule has 0 aliphatic rings. The maximum atomic E-state index is 12.8. The van der Waals surface area contributed by atoms with E-state index in [1.807, 2.05) is 0 Å². The van der Waals surface area contributed by atoms with Gasteiger partial charge in [-0.15, -0.1) is 0 Å². The lowest BCUT2D eigenvalue weighted by atomic mass is 10.1. The Labute approximate surface area is 411 Å². The molecule has 0 aliphatic carbocycles. The first-order valence-electron chi connectivity index (χ1n) is 28.8. The Morgan fingerprint density at radius 3 is 1.05 bits per heavy atom. The van der Waals surface area contributed by atoms with Gasteiger partial charge in [-0.1, -0.05) is 229 Å². The minimum Gasteiger partial charge on any atom is -0.462 e. The smallest absolute Gasteiger partial charge is 0.306 e. The summed E-state index contributed by atoms with van der Waals surface area (Å²) in [5.41, 5.74) is 0. The molecule has 0 aromatic carbocycles. The minimum atomic E-state index is -0.546. The zero-order chi connectivity index (χ0) is 47.7. The summed E-state index contributed by atoms with van der Waals surface area (Å²) in [7, 11) is 0. The van der Waals surface area contributed by atoms with Crippen LogP contribution in [0.5, 0.6) is 0 Å². The van der Waals surface area contributed by atoms with Crippen LogP contribution in [-0.4, -0.2) is 37.9 Å². The van der Waals surface area contributed by atoms with E-state index >= 15 is 0 Å². The van der Waals surface area contributed by atoms with Gasteiger partial charge in [-0.2, -0.15) is 0 Å². The summed E-state index contributed by atoms with van der Waals surface area (Å²) in [5.74, 6) is -0.405. The van der Waals surface area contributed by atoms with E-state index in [0.717, 1.165) is 64.2 Å². The molecule has 0 saturated carbocycles. The maximum absolute atomic E-state index is 12.8. The number of ether oxygens (including phenoxy) is 3. The van der Waals surface area contributed by atoms with Gasteiger partial charge in [-0.3, -0.25) is 9.59 Å². The highest BCUT2D eigenvalue weighted by atomic mass is 16.6. The number of rotatable bonds is 53. The predicted octanol–water partition coefficient (Wildman–Crippen LogP) is 19.7. The molecule has 0 fully saturated rings. The Morgan fingerprint density at radius 2 is 0.636 bits per heavy atom. The van der Waals surface area contributed by atoms with Crippen LogP contribution in [0.3, 0.4) is 0 Å². The highest BCUT2D eigenvalue weighted by Crippen LogP contribution is 2.15. The zero-order valence-corrected chi connectivity index (χ0v) is 44.2. The molecular formula is C61H110O5. The van der Waals surface area contributed by atoms with Crippen LogP contribution in [0.2, 0.25) is 0 Å². The molecule has 1 atom stereocenters. The quantitative estimate of drug-likeness (QED) is 0.0346. The second-order valence-electron chi connectivity index (χ2n) is 19.2. The van der Waals surface area contributed by atoms with Gasteiger partial charge in [0.2, 0.25) is 0 Å². The molecule has 1 unspecified atom stereocenters. The van der Waals surface area contributed by atoms with Gasteiger partial charge in [0.15, 0.2) is 6.10 Å². The monoisotopic (exact) mass is 923 g/mol. The van der Waals surface area contributed by atoms with E-state index in [2.05, 4.69) is 81.5 Å². The molecule has 0 aliphatic heterocycles. The molecule has 66 heavy (non-hydrogen) atoms. The molecule has 0 radical (unpaired) electrons. The van der Waals surface area contributed by atoms with E-state index in [-0.39, 0.29) is 25.2 Å². The summed E-state index contributed by atoms with van der Waals surface area (Å²) in [5, 5.41) is 0. The topological polar surface area (TPSA) is 61.8 Å². The van der Waals surface area contributed by atoms with E-state index in [9.17, 15) is 9.59 Å². The number of allylic oxidation sites excluding steroid dienone is 10. The van der Waals surface area contributed by atoms with Crippen molar-refractivity contribution in [2.24, 2.45) is 0 Å². The van der Waals surface area contributed by atoms with Gasteiger partial charge < -0.3 is 14.2 Å². The van der Waals surface area contributed by atoms with Crippen LogP contribution >= 0.6 is 0 Å². The molecule has 5 nitrogen and oxygen atoms in total. The number of hydrogen-bond donors (Lipinski definition) is 0. The molecule has 0 bridgehead atoms. The van der Waals surface area contributed by atoms with Crippen LogP contribution in [0.25, 0.3) is 0 Å². The third-order valence-electron chi connectivity index (χ3n) is 12.5. The van der Waals surface area contributed by atoms with Gasteiger partial charge in [0, 0.05) is 19.4 Å². The Hall–Kier alpha value is -2.40. The average Bonchev–Trinajstić information content (AvgIpc) is 3.32. The summed E-state index contributed by atoms with van der Waals surface area (Å²) in [6.07, 6.45) is 72.3. The molecule has 0 rings (SSSR count). The number of esters is 2. The van der Waals surface area contributed by atoms with E-state index in [1.54, 1.807) is 0 Å². The number of carbonyl (C=O) groups excluding carboxylic acids is 2. The van der Waals surface area contributed by atoms with Crippen molar-refractivity contribution in [1.82, 2.24) is 0 Å². The number of hydrogen-bond acceptors (Lipinski definition) is 5. The first-order chi connectivity index (χ1) is 32.6. The highest BCUT2D eigenvalue weighted by molar-refractivity contribution is 5.70. The first-order valence-corrected chi connectivity index (χ1v) is 28.8. The summed E-state index contributed by atoms with van der Waals surface area (Å²) in [6.45, 7) is 7.77. The van der Waals surface area contributed by atoms with E-state index in [0.29, 0.717) is 19.4 Å². The normalized spacial score (nSPS) is 12.6. The van der Waals surface area contributed by atoms with Crippen molar-refractivity contribution in [3.63, 3.8) is 0 Å². The summed E-state index contributed by atoms with van der Waals surface area (Å²) in [4.78, 5) is 25.5. The van der Waals surface area contributed by atoms with Crippen molar-refractivity contribution in [3.05, 3.63) is 60.8 Å². The van der Waals surface area contributed by atoms with Crippen LogP contribution < -0.4 is 0 Å². The molecular weight excluding hydrogens is 813 g/mol. The average molecular weight is 924 g/mol. The molecule has 0 aromatic heterocycles. The van der Waals surface area contributed by atoms with Gasteiger partial charge >= 0.3 is 11.9 Å². The number of unbranched alkanes of at least 4 members (excludes halogenated alkanes) is 32. The third kappa shape index (κ3) is 54.2. The lowest BCUT2D eigenvalue weighted by molar-refractivity contribution is -0.163. The highest BCUT2D eigenvalue weighted by Gasteiger charge is 2.17.